The number of aryl methyl sites for hydroxylation is 1. The van der Waals surface area contributed by atoms with Crippen LogP contribution in [-0.2, 0) is 6.42 Å². The molecule has 0 saturated heterocycles. The predicted molar refractivity (Wildman–Crippen MR) is 88.1 cm³/mol. The number of rotatable bonds is 5. The maximum Gasteiger partial charge on any atom is 0.254 e. The fourth-order valence-corrected chi connectivity index (χ4v) is 3.08. The third kappa shape index (κ3) is 4.29. The molecule has 2 aromatic heterocycles. The highest BCUT2D eigenvalue weighted by molar-refractivity contribution is 7.11. The van der Waals surface area contributed by atoms with Crippen LogP contribution in [0.5, 0.6) is 0 Å². The van der Waals surface area contributed by atoms with Gasteiger partial charge in [0.2, 0.25) is 0 Å². The average molecular weight is 303 g/mol. The molecule has 4 nitrogen and oxygen atoms in total. The van der Waals surface area contributed by atoms with E-state index in [4.69, 9.17) is 0 Å². The van der Waals surface area contributed by atoms with E-state index >= 15 is 0 Å². The van der Waals surface area contributed by atoms with E-state index in [1.807, 2.05) is 17.4 Å². The van der Waals surface area contributed by atoms with Crippen LogP contribution < -0.4 is 5.32 Å². The fraction of sp³-hybridized carbons (Fsp3) is 0.375. The van der Waals surface area contributed by atoms with Crippen LogP contribution in [0, 0.1) is 6.92 Å². The molecule has 0 spiro atoms. The molecule has 1 atom stereocenters. The summed E-state index contributed by atoms with van der Waals surface area (Å²) in [5.41, 5.74) is 0.604. The molecule has 0 radical (unpaired) electrons. The molecule has 2 heterocycles. The number of carbonyl (C=O) groups is 1. The van der Waals surface area contributed by atoms with E-state index in [9.17, 15) is 4.79 Å². The second kappa shape index (κ2) is 6.72. The molecular weight excluding hydrogens is 282 g/mol. The quantitative estimate of drug-likeness (QED) is 0.922. The molecule has 2 rings (SSSR count). The predicted octanol–water partition coefficient (Wildman–Crippen LogP) is 3.20. The molecule has 0 aliphatic heterocycles. The van der Waals surface area contributed by atoms with Crippen LogP contribution in [0.3, 0.4) is 0 Å². The van der Waals surface area contributed by atoms with Crippen molar-refractivity contribution in [2.45, 2.75) is 26.3 Å². The third-order valence-electron chi connectivity index (χ3n) is 3.11. The molecule has 1 unspecified atom stereocenters. The zero-order valence-corrected chi connectivity index (χ0v) is 13.7. The number of hydrogen-bond acceptors (Lipinski definition) is 4. The van der Waals surface area contributed by atoms with E-state index < -0.39 is 0 Å². The smallest absolute Gasteiger partial charge is 0.254 e. The van der Waals surface area contributed by atoms with Crippen molar-refractivity contribution in [3.63, 3.8) is 0 Å². The fourth-order valence-electron chi connectivity index (χ4n) is 2.06. The second-order valence-electron chi connectivity index (χ2n) is 5.39. The largest absolute Gasteiger partial charge is 0.367 e. The van der Waals surface area contributed by atoms with Gasteiger partial charge < -0.3 is 10.2 Å². The minimum absolute atomic E-state index is 0.0313. The van der Waals surface area contributed by atoms with Crippen LogP contribution in [0.4, 0.5) is 5.82 Å². The van der Waals surface area contributed by atoms with E-state index in [0.717, 1.165) is 12.2 Å². The normalized spacial score (nSPS) is 12.0. The van der Waals surface area contributed by atoms with Crippen LogP contribution >= 0.6 is 11.3 Å². The lowest BCUT2D eigenvalue weighted by Gasteiger charge is -2.14. The summed E-state index contributed by atoms with van der Waals surface area (Å²) in [6.07, 6.45) is 2.59. The summed E-state index contributed by atoms with van der Waals surface area (Å²) in [4.78, 5) is 20.4. The number of nitrogens with zero attached hydrogens (tertiary/aromatic N) is 2. The third-order valence-corrected chi connectivity index (χ3v) is 4.14. The monoisotopic (exact) mass is 303 g/mol. The zero-order valence-electron chi connectivity index (χ0n) is 12.9. The molecule has 2 aromatic rings. The Balaban J connectivity index is 1.95. The van der Waals surface area contributed by atoms with Gasteiger partial charge in [0.15, 0.2) is 0 Å². The van der Waals surface area contributed by atoms with Gasteiger partial charge in [-0.25, -0.2) is 4.98 Å². The van der Waals surface area contributed by atoms with Gasteiger partial charge in [-0.05, 0) is 38.1 Å². The molecule has 0 saturated carbocycles. The lowest BCUT2D eigenvalue weighted by molar-refractivity contribution is 0.0827. The zero-order chi connectivity index (χ0) is 15.4. The van der Waals surface area contributed by atoms with E-state index in [1.165, 1.54) is 9.75 Å². The molecule has 21 heavy (non-hydrogen) atoms. The van der Waals surface area contributed by atoms with Gasteiger partial charge in [0, 0.05) is 42.5 Å². The summed E-state index contributed by atoms with van der Waals surface area (Å²) < 4.78 is 0. The Morgan fingerprint density at radius 2 is 2.10 bits per heavy atom. The Kier molecular flexibility index (Phi) is 4.96. The molecule has 0 aliphatic carbocycles. The summed E-state index contributed by atoms with van der Waals surface area (Å²) in [6.45, 7) is 4.25. The van der Waals surface area contributed by atoms with Crippen molar-refractivity contribution in [2.24, 2.45) is 0 Å². The van der Waals surface area contributed by atoms with Crippen molar-refractivity contribution in [1.82, 2.24) is 9.88 Å². The van der Waals surface area contributed by atoms with Gasteiger partial charge in [-0.3, -0.25) is 4.79 Å². The van der Waals surface area contributed by atoms with Crippen molar-refractivity contribution in [3.8, 4) is 0 Å². The van der Waals surface area contributed by atoms with E-state index in [2.05, 4.69) is 36.3 Å². The molecule has 0 aromatic carbocycles. The Bertz CT molecular complexity index is 604. The molecule has 0 bridgehead atoms. The van der Waals surface area contributed by atoms with E-state index in [0.29, 0.717) is 11.6 Å². The summed E-state index contributed by atoms with van der Waals surface area (Å²) in [5.74, 6) is 0.766. The Morgan fingerprint density at radius 3 is 2.62 bits per heavy atom. The molecule has 1 N–H and O–H groups in total. The SMILES string of the molecule is Cc1ccc(CC(C)Nc2ccc(C(=O)N(C)C)cn2)s1. The topological polar surface area (TPSA) is 45.2 Å². The molecule has 0 fully saturated rings. The van der Waals surface area contributed by atoms with Gasteiger partial charge in [-0.1, -0.05) is 0 Å². The van der Waals surface area contributed by atoms with Crippen LogP contribution in [-0.4, -0.2) is 35.9 Å². The maximum atomic E-state index is 11.8. The van der Waals surface area contributed by atoms with Crippen molar-refractivity contribution < 1.29 is 4.79 Å². The Hall–Kier alpha value is -1.88. The van der Waals surface area contributed by atoms with Crippen LogP contribution in [0.1, 0.15) is 27.0 Å². The maximum absolute atomic E-state index is 11.8. The minimum atomic E-state index is -0.0313. The number of nitrogens with one attached hydrogen (secondary N) is 1. The Morgan fingerprint density at radius 1 is 1.33 bits per heavy atom. The number of thiophene rings is 1. The van der Waals surface area contributed by atoms with Crippen LogP contribution in [0.15, 0.2) is 30.5 Å². The molecular formula is C16H21N3OS. The number of anilines is 1. The summed E-state index contributed by atoms with van der Waals surface area (Å²) >= 11 is 1.83. The highest BCUT2D eigenvalue weighted by Gasteiger charge is 2.09. The number of aromatic nitrogens is 1. The highest BCUT2D eigenvalue weighted by Crippen LogP contribution is 2.18. The van der Waals surface area contributed by atoms with Crippen molar-refractivity contribution in [1.29, 1.82) is 0 Å². The minimum Gasteiger partial charge on any atom is -0.367 e. The van der Waals surface area contributed by atoms with Crippen LogP contribution in [0.25, 0.3) is 0 Å². The van der Waals surface area contributed by atoms with Gasteiger partial charge in [-0.15, -0.1) is 11.3 Å². The summed E-state index contributed by atoms with van der Waals surface area (Å²) in [5, 5.41) is 3.37. The van der Waals surface area contributed by atoms with E-state index in [1.54, 1.807) is 31.3 Å². The van der Waals surface area contributed by atoms with Gasteiger partial charge in [-0.2, -0.15) is 0 Å². The first-order chi connectivity index (χ1) is 9.95. The van der Waals surface area contributed by atoms with Crippen LogP contribution in [0.2, 0.25) is 0 Å². The van der Waals surface area contributed by atoms with Gasteiger partial charge in [0.05, 0.1) is 5.56 Å². The first-order valence-electron chi connectivity index (χ1n) is 6.95. The van der Waals surface area contributed by atoms with Gasteiger partial charge >= 0.3 is 0 Å². The summed E-state index contributed by atoms with van der Waals surface area (Å²) in [7, 11) is 3.47. The molecule has 5 heteroatoms. The molecule has 112 valence electrons. The number of hydrogen-bond donors (Lipinski definition) is 1. The molecule has 1 amide bonds. The average Bonchev–Trinajstić information content (AvgIpc) is 2.83. The Labute approximate surface area is 129 Å². The standard InChI is InChI=1S/C16H21N3OS/c1-11(9-14-7-5-12(2)21-14)18-15-8-6-13(10-17-15)16(20)19(3)4/h5-8,10-11H,9H2,1-4H3,(H,17,18). The van der Waals surface area contributed by atoms with Gasteiger partial charge in [0.1, 0.15) is 5.82 Å². The number of pyridine rings is 1. The number of carbonyl (C=O) groups excluding carboxylic acids is 1. The van der Waals surface area contributed by atoms with E-state index in [-0.39, 0.29) is 5.91 Å². The van der Waals surface area contributed by atoms with Gasteiger partial charge in [0.25, 0.3) is 5.91 Å². The first kappa shape index (κ1) is 15.5. The van der Waals surface area contributed by atoms with Crippen molar-refractivity contribution >= 4 is 23.1 Å². The second-order valence-corrected chi connectivity index (χ2v) is 6.77. The lowest BCUT2D eigenvalue weighted by Crippen LogP contribution is -2.22. The van der Waals surface area contributed by atoms with Crippen molar-refractivity contribution in [2.75, 3.05) is 19.4 Å². The highest BCUT2D eigenvalue weighted by atomic mass is 32.1. The first-order valence-corrected chi connectivity index (χ1v) is 7.77. The van der Waals surface area contributed by atoms with Crippen molar-refractivity contribution in [3.05, 3.63) is 45.8 Å². The number of amides is 1. The summed E-state index contributed by atoms with van der Waals surface area (Å²) in [6, 6.07) is 8.27. The lowest BCUT2D eigenvalue weighted by atomic mass is 10.2. The molecule has 0 aliphatic rings.